The fourth-order valence-corrected chi connectivity index (χ4v) is 2.05. The van der Waals surface area contributed by atoms with E-state index in [0.717, 1.165) is 11.3 Å². The SMILES string of the molecule is COc1ccccc1C(N)CN1CCOCC1=O. The molecule has 0 spiro atoms. The first kappa shape index (κ1) is 12.9. The van der Waals surface area contributed by atoms with Gasteiger partial charge in [0.1, 0.15) is 12.4 Å². The van der Waals surface area contributed by atoms with Crippen LogP contribution in [0.5, 0.6) is 5.75 Å². The maximum absolute atomic E-state index is 11.6. The largest absolute Gasteiger partial charge is 0.496 e. The highest BCUT2D eigenvalue weighted by Gasteiger charge is 2.22. The van der Waals surface area contributed by atoms with Crippen LogP contribution in [0, 0.1) is 0 Å². The van der Waals surface area contributed by atoms with Gasteiger partial charge in [0, 0.05) is 18.7 Å². The maximum atomic E-state index is 11.6. The maximum Gasteiger partial charge on any atom is 0.248 e. The number of ether oxygens (including phenoxy) is 2. The second-order valence-electron chi connectivity index (χ2n) is 4.24. The molecular formula is C13H18N2O3. The minimum atomic E-state index is -0.247. The highest BCUT2D eigenvalue weighted by molar-refractivity contribution is 5.78. The quantitative estimate of drug-likeness (QED) is 0.847. The Hall–Kier alpha value is -1.59. The number of para-hydroxylation sites is 1. The van der Waals surface area contributed by atoms with E-state index in [1.54, 1.807) is 12.0 Å². The van der Waals surface area contributed by atoms with Gasteiger partial charge in [0.25, 0.3) is 0 Å². The zero-order valence-corrected chi connectivity index (χ0v) is 10.5. The summed E-state index contributed by atoms with van der Waals surface area (Å²) < 4.78 is 10.4. The fraction of sp³-hybridized carbons (Fsp3) is 0.462. The molecule has 0 aromatic heterocycles. The van der Waals surface area contributed by atoms with Gasteiger partial charge in [0.15, 0.2) is 0 Å². The van der Waals surface area contributed by atoms with E-state index >= 15 is 0 Å². The van der Waals surface area contributed by atoms with Gasteiger partial charge in [-0.25, -0.2) is 0 Å². The molecule has 5 heteroatoms. The monoisotopic (exact) mass is 250 g/mol. The molecule has 1 saturated heterocycles. The topological polar surface area (TPSA) is 64.8 Å². The molecule has 1 aromatic carbocycles. The molecule has 1 aromatic rings. The predicted molar refractivity (Wildman–Crippen MR) is 67.3 cm³/mol. The fourth-order valence-electron chi connectivity index (χ4n) is 2.05. The van der Waals surface area contributed by atoms with Crippen LogP contribution in [0.4, 0.5) is 0 Å². The second-order valence-corrected chi connectivity index (χ2v) is 4.24. The van der Waals surface area contributed by atoms with Gasteiger partial charge in [-0.15, -0.1) is 0 Å². The summed E-state index contributed by atoms with van der Waals surface area (Å²) in [4.78, 5) is 13.4. The Morgan fingerprint density at radius 2 is 2.28 bits per heavy atom. The van der Waals surface area contributed by atoms with E-state index < -0.39 is 0 Å². The average molecular weight is 250 g/mol. The van der Waals surface area contributed by atoms with Gasteiger partial charge in [-0.1, -0.05) is 18.2 Å². The molecule has 0 radical (unpaired) electrons. The van der Waals surface area contributed by atoms with E-state index in [1.807, 2.05) is 24.3 Å². The first-order chi connectivity index (χ1) is 8.72. The molecule has 0 saturated carbocycles. The molecule has 18 heavy (non-hydrogen) atoms. The third kappa shape index (κ3) is 2.80. The summed E-state index contributed by atoms with van der Waals surface area (Å²) in [5.41, 5.74) is 7.07. The van der Waals surface area contributed by atoms with Crippen LogP contribution in [0.3, 0.4) is 0 Å². The van der Waals surface area contributed by atoms with Crippen LogP contribution in [0.15, 0.2) is 24.3 Å². The molecule has 1 fully saturated rings. The highest BCUT2D eigenvalue weighted by Crippen LogP contribution is 2.24. The molecular weight excluding hydrogens is 232 g/mol. The number of hydrogen-bond acceptors (Lipinski definition) is 4. The Balaban J connectivity index is 2.06. The lowest BCUT2D eigenvalue weighted by Gasteiger charge is -2.29. The van der Waals surface area contributed by atoms with Crippen molar-refractivity contribution in [1.82, 2.24) is 4.90 Å². The second kappa shape index (κ2) is 5.84. The zero-order valence-electron chi connectivity index (χ0n) is 10.5. The Labute approximate surface area is 106 Å². The first-order valence-corrected chi connectivity index (χ1v) is 5.96. The van der Waals surface area contributed by atoms with E-state index in [2.05, 4.69) is 0 Å². The lowest BCUT2D eigenvalue weighted by Crippen LogP contribution is -2.44. The molecule has 1 heterocycles. The number of hydrogen-bond donors (Lipinski definition) is 1. The summed E-state index contributed by atoms with van der Waals surface area (Å²) in [6.45, 7) is 1.81. The van der Waals surface area contributed by atoms with Crippen molar-refractivity contribution in [2.45, 2.75) is 6.04 Å². The van der Waals surface area contributed by atoms with Gasteiger partial charge < -0.3 is 20.1 Å². The first-order valence-electron chi connectivity index (χ1n) is 5.96. The summed E-state index contributed by atoms with van der Waals surface area (Å²) in [7, 11) is 1.62. The number of morpholine rings is 1. The van der Waals surface area contributed by atoms with Gasteiger partial charge >= 0.3 is 0 Å². The number of carbonyl (C=O) groups is 1. The zero-order chi connectivity index (χ0) is 13.0. The smallest absolute Gasteiger partial charge is 0.248 e. The van der Waals surface area contributed by atoms with Gasteiger partial charge in [-0.2, -0.15) is 0 Å². The molecule has 0 bridgehead atoms. The molecule has 1 aliphatic rings. The lowest BCUT2D eigenvalue weighted by molar-refractivity contribution is -0.142. The molecule has 2 rings (SSSR count). The number of carbonyl (C=O) groups excluding carboxylic acids is 1. The van der Waals surface area contributed by atoms with Gasteiger partial charge in [0.2, 0.25) is 5.91 Å². The van der Waals surface area contributed by atoms with Crippen molar-refractivity contribution in [1.29, 1.82) is 0 Å². The van der Waals surface area contributed by atoms with Crippen LogP contribution in [-0.4, -0.2) is 44.2 Å². The highest BCUT2D eigenvalue weighted by atomic mass is 16.5. The van der Waals surface area contributed by atoms with Crippen LogP contribution >= 0.6 is 0 Å². The molecule has 5 nitrogen and oxygen atoms in total. The number of nitrogens with two attached hydrogens (primary N) is 1. The number of rotatable bonds is 4. The molecule has 0 aliphatic carbocycles. The van der Waals surface area contributed by atoms with Crippen LogP contribution in [0.2, 0.25) is 0 Å². The summed E-state index contributed by atoms with van der Waals surface area (Å²) in [5, 5.41) is 0. The van der Waals surface area contributed by atoms with Crippen molar-refractivity contribution in [3.05, 3.63) is 29.8 Å². The Kier molecular flexibility index (Phi) is 4.17. The van der Waals surface area contributed by atoms with E-state index in [1.165, 1.54) is 0 Å². The van der Waals surface area contributed by atoms with Crippen molar-refractivity contribution < 1.29 is 14.3 Å². The lowest BCUT2D eigenvalue weighted by atomic mass is 10.1. The van der Waals surface area contributed by atoms with Gasteiger partial charge in [0.05, 0.1) is 19.8 Å². The van der Waals surface area contributed by atoms with E-state index in [4.69, 9.17) is 15.2 Å². The summed E-state index contributed by atoms with van der Waals surface area (Å²) >= 11 is 0. The standard InChI is InChI=1S/C13H18N2O3/c1-17-12-5-3-2-4-10(12)11(14)8-15-6-7-18-9-13(15)16/h2-5,11H,6-9,14H2,1H3. The van der Waals surface area contributed by atoms with Crippen molar-refractivity contribution in [2.75, 3.05) is 33.4 Å². The van der Waals surface area contributed by atoms with Crippen LogP contribution < -0.4 is 10.5 Å². The van der Waals surface area contributed by atoms with Crippen LogP contribution in [-0.2, 0) is 9.53 Å². The number of amides is 1. The normalized spacial score (nSPS) is 17.7. The van der Waals surface area contributed by atoms with Gasteiger partial charge in [-0.3, -0.25) is 4.79 Å². The minimum Gasteiger partial charge on any atom is -0.496 e. The minimum absolute atomic E-state index is 0.00778. The van der Waals surface area contributed by atoms with E-state index in [9.17, 15) is 4.79 Å². The van der Waals surface area contributed by atoms with Crippen LogP contribution in [0.1, 0.15) is 11.6 Å². The molecule has 1 unspecified atom stereocenters. The van der Waals surface area contributed by atoms with Crippen molar-refractivity contribution in [2.24, 2.45) is 5.73 Å². The average Bonchev–Trinajstić information content (AvgIpc) is 2.41. The number of nitrogens with zero attached hydrogens (tertiary/aromatic N) is 1. The Morgan fingerprint density at radius 3 is 3.00 bits per heavy atom. The Bertz CT molecular complexity index is 422. The molecule has 1 amide bonds. The van der Waals surface area contributed by atoms with Gasteiger partial charge in [-0.05, 0) is 6.07 Å². The third-order valence-electron chi connectivity index (χ3n) is 3.04. The molecule has 98 valence electrons. The molecule has 1 atom stereocenters. The van der Waals surface area contributed by atoms with E-state index in [-0.39, 0.29) is 18.6 Å². The summed E-state index contributed by atoms with van der Waals surface area (Å²) in [6, 6.07) is 7.36. The molecule has 2 N–H and O–H groups in total. The van der Waals surface area contributed by atoms with Crippen molar-refractivity contribution in [3.8, 4) is 5.75 Å². The molecule has 1 aliphatic heterocycles. The van der Waals surface area contributed by atoms with E-state index in [0.29, 0.717) is 19.7 Å². The van der Waals surface area contributed by atoms with Crippen molar-refractivity contribution in [3.63, 3.8) is 0 Å². The number of methoxy groups -OCH3 is 1. The number of benzene rings is 1. The summed E-state index contributed by atoms with van der Waals surface area (Å²) in [6.07, 6.45) is 0. The predicted octanol–water partition coefficient (Wildman–Crippen LogP) is 0.554. The van der Waals surface area contributed by atoms with Crippen LogP contribution in [0.25, 0.3) is 0 Å². The van der Waals surface area contributed by atoms with Crippen molar-refractivity contribution >= 4 is 5.91 Å². The Morgan fingerprint density at radius 1 is 1.50 bits per heavy atom. The third-order valence-corrected chi connectivity index (χ3v) is 3.04. The summed E-state index contributed by atoms with van der Waals surface area (Å²) in [5.74, 6) is 0.748.